The molecule has 53 heavy (non-hydrogen) atoms. The second kappa shape index (κ2) is 31.9. The number of benzene rings is 2. The molecular formula is C48H72N4S. The van der Waals surface area contributed by atoms with Crippen molar-refractivity contribution in [3.8, 4) is 12.8 Å². The van der Waals surface area contributed by atoms with Crippen molar-refractivity contribution in [2.24, 2.45) is 10.8 Å². The van der Waals surface area contributed by atoms with Crippen molar-refractivity contribution in [3.05, 3.63) is 156 Å². The number of hydrogen-bond donors (Lipinski definition) is 3. The van der Waals surface area contributed by atoms with Gasteiger partial charge in [-0.2, -0.15) is 0 Å². The Balaban J connectivity index is -0.000000337. The molecule has 5 heteroatoms. The summed E-state index contributed by atoms with van der Waals surface area (Å²) >= 11 is 5.15. The smallest absolute Gasteiger partial charge is 0.0660 e. The Morgan fingerprint density at radius 3 is 1.81 bits per heavy atom. The maximum Gasteiger partial charge on any atom is 0.0660 e. The number of thiocarbonyl (C=S) groups is 1. The van der Waals surface area contributed by atoms with Crippen molar-refractivity contribution >= 4 is 34.6 Å². The largest absolute Gasteiger partial charge is 0.378 e. The Labute approximate surface area is 332 Å². The molecule has 1 unspecified atom stereocenters. The molecule has 3 rings (SSSR count). The highest BCUT2D eigenvalue weighted by atomic mass is 32.1. The Bertz CT molecular complexity index is 1570. The van der Waals surface area contributed by atoms with Crippen LogP contribution >= 0.6 is 12.2 Å². The Morgan fingerprint density at radius 2 is 1.42 bits per heavy atom. The molecule has 4 nitrogen and oxygen atoms in total. The van der Waals surface area contributed by atoms with Gasteiger partial charge in [0.15, 0.2) is 0 Å². The molecule has 0 fully saturated rings. The zero-order valence-electron chi connectivity index (χ0n) is 35.5. The van der Waals surface area contributed by atoms with E-state index in [9.17, 15) is 0 Å². The minimum atomic E-state index is 0.320. The van der Waals surface area contributed by atoms with E-state index in [0.717, 1.165) is 58.1 Å². The van der Waals surface area contributed by atoms with Gasteiger partial charge in [-0.25, -0.2) is 0 Å². The maximum atomic E-state index is 5.15. The first kappa shape index (κ1) is 55.0. The molecule has 1 aliphatic rings. The molecule has 2 aromatic carbocycles. The summed E-state index contributed by atoms with van der Waals surface area (Å²) in [5.41, 5.74) is 19.1. The number of hydrazine groups is 1. The first-order valence-corrected chi connectivity index (χ1v) is 18.1. The molecule has 0 saturated heterocycles. The molecule has 0 aromatic heterocycles. The molecule has 1 atom stereocenters. The number of nitrogens with one attached hydrogen (secondary N) is 2. The third-order valence-corrected chi connectivity index (χ3v) is 8.16. The average molecular weight is 737 g/mol. The number of rotatable bonds is 9. The van der Waals surface area contributed by atoms with Crippen LogP contribution in [-0.2, 0) is 12.8 Å². The first-order valence-electron chi connectivity index (χ1n) is 17.7. The third kappa shape index (κ3) is 23.4. The summed E-state index contributed by atoms with van der Waals surface area (Å²) in [7, 11) is 0. The van der Waals surface area contributed by atoms with E-state index in [0.29, 0.717) is 6.04 Å². The highest BCUT2D eigenvalue weighted by molar-refractivity contribution is 7.80. The van der Waals surface area contributed by atoms with Crippen LogP contribution in [0.5, 0.6) is 0 Å². The topological polar surface area (TPSA) is 62.4 Å². The van der Waals surface area contributed by atoms with Gasteiger partial charge >= 0.3 is 0 Å². The lowest BCUT2D eigenvalue weighted by molar-refractivity contribution is 0.598. The molecule has 0 heterocycles. The molecule has 0 spiro atoms. The summed E-state index contributed by atoms with van der Waals surface area (Å²) in [5.74, 6) is 4.82. The van der Waals surface area contributed by atoms with Crippen molar-refractivity contribution in [3.63, 3.8) is 0 Å². The minimum Gasteiger partial charge on any atom is -0.378 e. The molecule has 0 amide bonds. The molecule has 0 bridgehead atoms. The van der Waals surface area contributed by atoms with Crippen LogP contribution in [0.15, 0.2) is 128 Å². The first-order chi connectivity index (χ1) is 24.9. The van der Waals surface area contributed by atoms with E-state index in [2.05, 4.69) is 160 Å². The fourth-order valence-electron chi connectivity index (χ4n) is 4.28. The molecule has 0 radical (unpaired) electrons. The monoisotopic (exact) mass is 737 g/mol. The average Bonchev–Trinajstić information content (AvgIpc) is 3.55. The molecule has 2 aromatic rings. The van der Waals surface area contributed by atoms with Gasteiger partial charge in [0.1, 0.15) is 0 Å². The van der Waals surface area contributed by atoms with E-state index in [1.807, 2.05) is 39.8 Å². The van der Waals surface area contributed by atoms with Gasteiger partial charge in [0.05, 0.1) is 11.7 Å². The maximum absolute atomic E-state index is 5.15. The number of nitrogens with two attached hydrogens (primary N) is 1. The second-order valence-corrected chi connectivity index (χ2v) is 13.2. The van der Waals surface area contributed by atoms with Crippen LogP contribution in [0.2, 0.25) is 0 Å². The fourth-order valence-corrected chi connectivity index (χ4v) is 4.34. The normalized spacial score (nSPS) is 11.4. The van der Waals surface area contributed by atoms with Crippen molar-refractivity contribution in [1.29, 1.82) is 0 Å². The van der Waals surface area contributed by atoms with Crippen LogP contribution in [0.1, 0.15) is 115 Å². The minimum absolute atomic E-state index is 0.320. The van der Waals surface area contributed by atoms with Gasteiger partial charge in [-0.1, -0.05) is 86.9 Å². The van der Waals surface area contributed by atoms with Crippen molar-refractivity contribution < 1.29 is 0 Å². The number of hydrogen-bond acceptors (Lipinski definition) is 5. The van der Waals surface area contributed by atoms with Crippen molar-refractivity contribution in [1.82, 2.24) is 10.7 Å². The lowest BCUT2D eigenvalue weighted by atomic mass is 9.98. The summed E-state index contributed by atoms with van der Waals surface area (Å²) in [6.45, 7) is 52.2. The van der Waals surface area contributed by atoms with E-state index in [1.165, 1.54) is 44.5 Å². The van der Waals surface area contributed by atoms with Crippen LogP contribution in [0.4, 0.5) is 5.69 Å². The van der Waals surface area contributed by atoms with Gasteiger partial charge in [0.25, 0.3) is 0 Å². The summed E-state index contributed by atoms with van der Waals surface area (Å²) in [4.78, 5) is 5.30. The second-order valence-electron chi connectivity index (χ2n) is 12.6. The van der Waals surface area contributed by atoms with Gasteiger partial charge in [0.2, 0.25) is 0 Å². The third-order valence-electron chi connectivity index (χ3n) is 7.89. The zero-order chi connectivity index (χ0) is 42.4. The number of aryl methyl sites for hydroxylation is 2. The van der Waals surface area contributed by atoms with E-state index in [-0.39, 0.29) is 0 Å². The van der Waals surface area contributed by atoms with Gasteiger partial charge in [-0.05, 0) is 152 Å². The van der Waals surface area contributed by atoms with E-state index < -0.39 is 0 Å². The van der Waals surface area contributed by atoms with Crippen molar-refractivity contribution in [2.45, 2.75) is 108 Å². The number of terminal acetylenes is 1. The number of aliphatic imine (C=N–C) groups is 1. The van der Waals surface area contributed by atoms with Gasteiger partial charge in [-0.15, -0.1) is 39.2 Å². The highest BCUT2D eigenvalue weighted by Gasteiger charge is 2.24. The Hall–Kier alpha value is -4.76. The fraction of sp³-hybridized carbons (Fsp3) is 0.333. The molecule has 1 aliphatic carbocycles. The number of fused-ring (bicyclic) bond motifs is 1. The van der Waals surface area contributed by atoms with E-state index in [1.54, 1.807) is 6.92 Å². The lowest BCUT2D eigenvalue weighted by Crippen LogP contribution is -2.19. The summed E-state index contributed by atoms with van der Waals surface area (Å²) < 4.78 is 0. The van der Waals surface area contributed by atoms with E-state index in [4.69, 9.17) is 18.1 Å². The number of nitrogens with zero attached hydrogens (tertiary/aromatic N) is 1. The van der Waals surface area contributed by atoms with E-state index >= 15 is 0 Å². The predicted molar refractivity (Wildman–Crippen MR) is 249 cm³/mol. The van der Waals surface area contributed by atoms with Crippen LogP contribution in [0.25, 0.3) is 6.08 Å². The SMILES string of the molecule is C#C.C=C.C=C.C=C(C)NN.C=Cc1ccc2c(c1C)CCC2NC(=C)/C(C)=C/C(=C)C(C)=S.CC(C)=C(C)C.CCc1ccc(C)c(N=C(C)C)c1. The van der Waals surface area contributed by atoms with Crippen molar-refractivity contribution in [2.75, 3.05) is 0 Å². The Kier molecular flexibility index (Phi) is 33.1. The standard InChI is InChI=1S/C21H25NS.C12H17N.C6H12.C3H8N2.2C2H4.C2H2/c1-7-18-8-9-20-19(15(18)4)10-11-21(20)22-16(5)13(2)12-14(3)17(6)23;1-5-11-7-6-10(4)12(8-11)13-9(2)3;1-5(2)6(3)4;1-3(2)5-4;3*1-2/h7-9,12,21-22H,1,3,5,10-11H2,2,4,6H3;6-8H,5H2,1-4H3;1-4H3;5H,1,4H2,2H3;2*1-2H2;1-2H/b13-12+;;;;;;. The highest BCUT2D eigenvalue weighted by Crippen LogP contribution is 2.35. The molecule has 0 aliphatic heterocycles. The van der Waals surface area contributed by atoms with Gasteiger partial charge in [0, 0.05) is 22.0 Å². The molecular weight excluding hydrogens is 665 g/mol. The molecule has 4 N–H and O–H groups in total. The zero-order valence-corrected chi connectivity index (χ0v) is 36.3. The van der Waals surface area contributed by atoms with Crippen LogP contribution in [0, 0.1) is 26.7 Å². The number of allylic oxidation sites excluding steroid dienone is 6. The summed E-state index contributed by atoms with van der Waals surface area (Å²) in [6, 6.07) is 11.2. The molecule has 290 valence electrons. The lowest BCUT2D eigenvalue weighted by Gasteiger charge is -2.19. The summed E-state index contributed by atoms with van der Waals surface area (Å²) in [6.07, 6.45) is 15.2. The van der Waals surface area contributed by atoms with Gasteiger partial charge in [-0.3, -0.25) is 10.8 Å². The Morgan fingerprint density at radius 1 is 0.906 bits per heavy atom. The van der Waals surface area contributed by atoms with Crippen LogP contribution < -0.4 is 16.6 Å². The quantitative estimate of drug-likeness (QED) is 0.0351. The predicted octanol–water partition coefficient (Wildman–Crippen LogP) is 13.5. The molecule has 0 saturated carbocycles. The summed E-state index contributed by atoms with van der Waals surface area (Å²) in [5, 5.41) is 3.57. The van der Waals surface area contributed by atoms with Crippen LogP contribution in [0.3, 0.4) is 0 Å². The van der Waals surface area contributed by atoms with Crippen LogP contribution in [-0.4, -0.2) is 10.6 Å². The van der Waals surface area contributed by atoms with Gasteiger partial charge < -0.3 is 10.7 Å².